The summed E-state index contributed by atoms with van der Waals surface area (Å²) in [5.74, 6) is 0.357. The Balaban J connectivity index is 1.36. The van der Waals surface area contributed by atoms with Gasteiger partial charge in [-0.05, 0) is 87.4 Å². The number of piperazine rings is 1. The predicted octanol–water partition coefficient (Wildman–Crippen LogP) is 4.52. The number of nitriles is 1. The van der Waals surface area contributed by atoms with Gasteiger partial charge in [0.05, 0.1) is 6.04 Å². The summed E-state index contributed by atoms with van der Waals surface area (Å²) in [6, 6.07) is 9.42. The van der Waals surface area contributed by atoms with E-state index in [4.69, 9.17) is 9.73 Å². The third-order valence-electron chi connectivity index (χ3n) is 9.58. The molecular formula is C34H41N5O2. The number of rotatable bonds is 5. The summed E-state index contributed by atoms with van der Waals surface area (Å²) in [7, 11) is 2.14. The summed E-state index contributed by atoms with van der Waals surface area (Å²) < 4.78 is 6.42. The fourth-order valence-electron chi connectivity index (χ4n) is 7.30. The number of hydrogen-bond acceptors (Lipinski definition) is 6. The van der Waals surface area contributed by atoms with E-state index in [-0.39, 0.29) is 23.9 Å². The lowest BCUT2D eigenvalue weighted by Gasteiger charge is -2.46. The van der Waals surface area contributed by atoms with E-state index in [9.17, 15) is 10.1 Å². The SMILES string of the molecule is C=CC(=O)N1CCN(C2=C(C#N)C(OC[C@@H]3CCCN3C)=NC3C=C(c4cccc5c4CCCC5)C=CC23)[C@@H](C)C1. The fourth-order valence-corrected chi connectivity index (χ4v) is 7.30. The van der Waals surface area contributed by atoms with Crippen molar-refractivity contribution < 1.29 is 9.53 Å². The topological polar surface area (TPSA) is 72.2 Å². The molecule has 3 aliphatic heterocycles. The van der Waals surface area contributed by atoms with Crippen LogP contribution in [0.5, 0.6) is 0 Å². The Hall–Kier alpha value is -3.63. The van der Waals surface area contributed by atoms with Crippen LogP contribution in [0.25, 0.3) is 5.57 Å². The Morgan fingerprint density at radius 2 is 2.07 bits per heavy atom. The molecule has 0 aromatic heterocycles. The molecule has 2 fully saturated rings. The third kappa shape index (κ3) is 5.26. The number of fused-ring (bicyclic) bond motifs is 2. The lowest BCUT2D eigenvalue weighted by Crippen LogP contribution is -2.54. The number of aliphatic imine (C=N–C) groups is 1. The second-order valence-electron chi connectivity index (χ2n) is 12.1. The molecule has 0 radical (unpaired) electrons. The minimum absolute atomic E-state index is 0.0462. The first-order valence-corrected chi connectivity index (χ1v) is 15.2. The summed E-state index contributed by atoms with van der Waals surface area (Å²) in [6.45, 7) is 9.23. The van der Waals surface area contributed by atoms with Gasteiger partial charge in [0.15, 0.2) is 0 Å². The Kier molecular flexibility index (Phi) is 7.86. The maximum atomic E-state index is 12.4. The molecule has 0 N–H and O–H groups in total. The number of benzene rings is 1. The van der Waals surface area contributed by atoms with Crippen LogP contribution in [0, 0.1) is 17.2 Å². The van der Waals surface area contributed by atoms with Crippen LogP contribution in [0.1, 0.15) is 49.3 Å². The van der Waals surface area contributed by atoms with Gasteiger partial charge in [0.1, 0.15) is 18.2 Å². The van der Waals surface area contributed by atoms with E-state index >= 15 is 0 Å². The number of hydrogen-bond donors (Lipinski definition) is 0. The lowest BCUT2D eigenvalue weighted by atomic mass is 9.80. The Bertz CT molecular complexity index is 1380. The van der Waals surface area contributed by atoms with Crippen molar-refractivity contribution in [2.24, 2.45) is 10.9 Å². The molecule has 0 bridgehead atoms. The monoisotopic (exact) mass is 551 g/mol. The van der Waals surface area contributed by atoms with Crippen molar-refractivity contribution >= 4 is 17.4 Å². The van der Waals surface area contributed by atoms with E-state index in [2.05, 4.69) is 72.8 Å². The standard InChI is InChI=1S/C34H41N5O2/c1-4-32(40)38-17-18-39(23(2)21-38)33-29-15-14-25(28-13-7-10-24-9-5-6-12-27(24)28)19-31(29)36-34(30(33)20-35)41-22-26-11-8-16-37(26)3/h4,7,10,13-15,19,23,26,29,31H,1,5-6,8-9,11-12,16-18,21-22H2,2-3H3/t23-,26-,29?,31?/m0/s1. The van der Waals surface area contributed by atoms with Gasteiger partial charge in [-0.15, -0.1) is 0 Å². The van der Waals surface area contributed by atoms with Gasteiger partial charge < -0.3 is 19.4 Å². The zero-order valence-corrected chi connectivity index (χ0v) is 24.4. The van der Waals surface area contributed by atoms with E-state index in [1.807, 2.05) is 4.90 Å². The second kappa shape index (κ2) is 11.7. The number of aryl methyl sites for hydroxylation is 1. The van der Waals surface area contributed by atoms with Crippen molar-refractivity contribution in [1.29, 1.82) is 5.26 Å². The lowest BCUT2D eigenvalue weighted by molar-refractivity contribution is -0.128. The van der Waals surface area contributed by atoms with Crippen molar-refractivity contribution in [3.63, 3.8) is 0 Å². The number of likely N-dealkylation sites (N-methyl/N-ethyl adjacent to an activating group) is 1. The van der Waals surface area contributed by atoms with Gasteiger partial charge in [-0.1, -0.05) is 43.0 Å². The molecule has 2 unspecified atom stereocenters. The molecule has 7 heteroatoms. The molecule has 2 aliphatic carbocycles. The average Bonchev–Trinajstić information content (AvgIpc) is 3.42. The van der Waals surface area contributed by atoms with Gasteiger partial charge >= 0.3 is 0 Å². The molecule has 214 valence electrons. The molecule has 0 saturated carbocycles. The van der Waals surface area contributed by atoms with Crippen LogP contribution in [-0.4, -0.2) is 84.5 Å². The summed E-state index contributed by atoms with van der Waals surface area (Å²) in [5.41, 5.74) is 6.96. The zero-order valence-electron chi connectivity index (χ0n) is 24.4. The molecule has 7 nitrogen and oxygen atoms in total. The van der Waals surface area contributed by atoms with Gasteiger partial charge in [-0.25, -0.2) is 4.99 Å². The van der Waals surface area contributed by atoms with Crippen molar-refractivity contribution in [1.82, 2.24) is 14.7 Å². The Labute approximate surface area is 244 Å². The van der Waals surface area contributed by atoms with Gasteiger partial charge in [0.2, 0.25) is 11.8 Å². The molecule has 1 aromatic carbocycles. The van der Waals surface area contributed by atoms with Crippen LogP contribution < -0.4 is 0 Å². The predicted molar refractivity (Wildman–Crippen MR) is 162 cm³/mol. The van der Waals surface area contributed by atoms with Crippen LogP contribution >= 0.6 is 0 Å². The zero-order chi connectivity index (χ0) is 28.5. The first kappa shape index (κ1) is 27.5. The summed E-state index contributed by atoms with van der Waals surface area (Å²) in [4.78, 5) is 24.0. The molecule has 1 aromatic rings. The van der Waals surface area contributed by atoms with E-state index in [0.29, 0.717) is 43.8 Å². The van der Waals surface area contributed by atoms with Crippen LogP contribution in [0.15, 0.2) is 65.3 Å². The normalized spacial score (nSPS) is 27.9. The highest BCUT2D eigenvalue weighted by atomic mass is 16.5. The van der Waals surface area contributed by atoms with Crippen molar-refractivity contribution in [3.05, 3.63) is 77.0 Å². The summed E-state index contributed by atoms with van der Waals surface area (Å²) in [6.07, 6.45) is 15.2. The highest BCUT2D eigenvalue weighted by Gasteiger charge is 2.40. The number of carbonyl (C=O) groups excluding carboxylic acids is 1. The van der Waals surface area contributed by atoms with Crippen LogP contribution in [0.4, 0.5) is 0 Å². The molecule has 4 atom stereocenters. The van der Waals surface area contributed by atoms with Crippen LogP contribution in [-0.2, 0) is 22.4 Å². The van der Waals surface area contributed by atoms with Crippen molar-refractivity contribution in [2.75, 3.05) is 39.8 Å². The maximum absolute atomic E-state index is 12.4. The number of dihydropyridines is 1. The van der Waals surface area contributed by atoms with E-state index in [1.165, 1.54) is 41.2 Å². The molecule has 2 saturated heterocycles. The fraction of sp³-hybridized carbons (Fsp3) is 0.500. The molecule has 5 aliphatic rings. The Morgan fingerprint density at radius 3 is 2.83 bits per heavy atom. The van der Waals surface area contributed by atoms with E-state index in [0.717, 1.165) is 37.9 Å². The molecule has 41 heavy (non-hydrogen) atoms. The van der Waals surface area contributed by atoms with Crippen molar-refractivity contribution in [2.45, 2.75) is 63.6 Å². The highest BCUT2D eigenvalue weighted by Crippen LogP contribution is 2.40. The minimum atomic E-state index is -0.155. The van der Waals surface area contributed by atoms with Crippen LogP contribution in [0.2, 0.25) is 0 Å². The average molecular weight is 552 g/mol. The summed E-state index contributed by atoms with van der Waals surface area (Å²) >= 11 is 0. The summed E-state index contributed by atoms with van der Waals surface area (Å²) in [5, 5.41) is 10.5. The number of nitrogens with zero attached hydrogens (tertiary/aromatic N) is 5. The van der Waals surface area contributed by atoms with Crippen molar-refractivity contribution in [3.8, 4) is 6.07 Å². The molecule has 1 amide bonds. The third-order valence-corrected chi connectivity index (χ3v) is 9.58. The molecular weight excluding hydrogens is 510 g/mol. The number of carbonyl (C=O) groups is 1. The van der Waals surface area contributed by atoms with Gasteiger partial charge in [0.25, 0.3) is 0 Å². The smallest absolute Gasteiger partial charge is 0.246 e. The number of ether oxygens (including phenoxy) is 1. The van der Waals surface area contributed by atoms with Crippen LogP contribution in [0.3, 0.4) is 0 Å². The van der Waals surface area contributed by atoms with Gasteiger partial charge in [-0.3, -0.25) is 4.79 Å². The molecule has 6 rings (SSSR count). The molecule has 3 heterocycles. The quantitative estimate of drug-likeness (QED) is 0.503. The first-order chi connectivity index (χ1) is 20.0. The maximum Gasteiger partial charge on any atom is 0.246 e. The number of allylic oxidation sites excluding steroid dienone is 2. The first-order valence-electron chi connectivity index (χ1n) is 15.2. The van der Waals surface area contributed by atoms with E-state index in [1.54, 1.807) is 0 Å². The number of amides is 1. The molecule has 0 spiro atoms. The largest absolute Gasteiger partial charge is 0.475 e. The van der Waals surface area contributed by atoms with E-state index < -0.39 is 0 Å². The highest BCUT2D eigenvalue weighted by molar-refractivity contribution is 6.00. The second-order valence-corrected chi connectivity index (χ2v) is 12.1. The van der Waals surface area contributed by atoms with Gasteiger partial charge in [0, 0.05) is 43.3 Å². The minimum Gasteiger partial charge on any atom is -0.475 e. The van der Waals surface area contributed by atoms with Gasteiger partial charge in [-0.2, -0.15) is 5.26 Å². The Morgan fingerprint density at radius 1 is 1.22 bits per heavy atom. The number of likely N-dealkylation sites (tertiary alicyclic amines) is 1.